The highest BCUT2D eigenvalue weighted by Crippen LogP contribution is 2.19. The SMILES string of the molecule is CC(C)=CCC(=O)Nc1c(C)cccc1C. The van der Waals surface area contributed by atoms with Crippen LogP contribution in [0.2, 0.25) is 0 Å². The van der Waals surface area contributed by atoms with Gasteiger partial charge in [0.1, 0.15) is 0 Å². The van der Waals surface area contributed by atoms with E-state index >= 15 is 0 Å². The first kappa shape index (κ1) is 12.5. The molecule has 1 N–H and O–H groups in total. The second kappa shape index (κ2) is 5.50. The monoisotopic (exact) mass is 217 g/mol. The molecule has 0 spiro atoms. The van der Waals surface area contributed by atoms with Crippen LogP contribution in [0, 0.1) is 13.8 Å². The van der Waals surface area contributed by atoms with E-state index in [9.17, 15) is 4.79 Å². The summed E-state index contributed by atoms with van der Waals surface area (Å²) in [5, 5.41) is 2.95. The molecule has 0 unspecified atom stereocenters. The van der Waals surface area contributed by atoms with Gasteiger partial charge in [-0.05, 0) is 38.8 Å². The van der Waals surface area contributed by atoms with Gasteiger partial charge in [-0.15, -0.1) is 0 Å². The van der Waals surface area contributed by atoms with E-state index in [1.165, 1.54) is 0 Å². The number of aryl methyl sites for hydroxylation is 2. The molecule has 0 aromatic heterocycles. The highest BCUT2D eigenvalue weighted by molar-refractivity contribution is 5.93. The average Bonchev–Trinajstić information content (AvgIpc) is 2.21. The number of hydrogen-bond acceptors (Lipinski definition) is 1. The third-order valence-electron chi connectivity index (χ3n) is 2.44. The maximum absolute atomic E-state index is 11.7. The number of nitrogens with one attached hydrogen (secondary N) is 1. The van der Waals surface area contributed by atoms with Gasteiger partial charge < -0.3 is 5.32 Å². The first-order valence-electron chi connectivity index (χ1n) is 5.50. The summed E-state index contributed by atoms with van der Waals surface area (Å²) < 4.78 is 0. The molecule has 0 aliphatic carbocycles. The van der Waals surface area contributed by atoms with Crippen LogP contribution in [0.3, 0.4) is 0 Å². The molecule has 0 saturated carbocycles. The van der Waals surface area contributed by atoms with Crippen molar-refractivity contribution in [3.8, 4) is 0 Å². The van der Waals surface area contributed by atoms with Crippen LogP contribution in [-0.4, -0.2) is 5.91 Å². The van der Waals surface area contributed by atoms with Gasteiger partial charge in [-0.2, -0.15) is 0 Å². The van der Waals surface area contributed by atoms with Crippen molar-refractivity contribution < 1.29 is 4.79 Å². The maximum atomic E-state index is 11.7. The summed E-state index contributed by atoms with van der Waals surface area (Å²) in [6.45, 7) is 7.99. The zero-order chi connectivity index (χ0) is 12.1. The highest BCUT2D eigenvalue weighted by Gasteiger charge is 2.05. The van der Waals surface area contributed by atoms with Crippen molar-refractivity contribution in [2.75, 3.05) is 5.32 Å². The lowest BCUT2D eigenvalue weighted by atomic mass is 10.1. The Hall–Kier alpha value is -1.57. The Labute approximate surface area is 97.4 Å². The quantitative estimate of drug-likeness (QED) is 0.770. The van der Waals surface area contributed by atoms with Crippen molar-refractivity contribution in [3.05, 3.63) is 41.0 Å². The first-order valence-corrected chi connectivity index (χ1v) is 5.50. The van der Waals surface area contributed by atoms with Gasteiger partial charge in [0.15, 0.2) is 0 Å². The Bertz CT molecular complexity index is 394. The molecule has 2 nitrogen and oxygen atoms in total. The minimum Gasteiger partial charge on any atom is -0.325 e. The molecule has 16 heavy (non-hydrogen) atoms. The summed E-state index contributed by atoms with van der Waals surface area (Å²) in [7, 11) is 0. The van der Waals surface area contributed by atoms with Gasteiger partial charge in [0, 0.05) is 12.1 Å². The number of para-hydroxylation sites is 1. The van der Waals surface area contributed by atoms with E-state index in [0.717, 1.165) is 22.4 Å². The molecule has 0 radical (unpaired) electrons. The molecule has 1 aromatic carbocycles. The second-order valence-electron chi connectivity index (χ2n) is 4.30. The number of carbonyl (C=O) groups excluding carboxylic acids is 1. The molecule has 1 amide bonds. The molecular formula is C14H19NO. The van der Waals surface area contributed by atoms with E-state index in [2.05, 4.69) is 5.32 Å². The predicted octanol–water partition coefficient (Wildman–Crippen LogP) is 3.60. The van der Waals surface area contributed by atoms with Crippen LogP contribution in [0.25, 0.3) is 0 Å². The Morgan fingerprint density at radius 3 is 2.31 bits per heavy atom. The van der Waals surface area contributed by atoms with Gasteiger partial charge in [0.05, 0.1) is 0 Å². The zero-order valence-electron chi connectivity index (χ0n) is 10.4. The third kappa shape index (κ3) is 3.54. The molecule has 1 aromatic rings. The summed E-state index contributed by atoms with van der Waals surface area (Å²) in [5.41, 5.74) is 4.31. The second-order valence-corrected chi connectivity index (χ2v) is 4.30. The predicted molar refractivity (Wildman–Crippen MR) is 68.6 cm³/mol. The van der Waals surface area contributed by atoms with Crippen molar-refractivity contribution in [2.24, 2.45) is 0 Å². The molecule has 0 atom stereocenters. The molecule has 0 aliphatic rings. The van der Waals surface area contributed by atoms with Gasteiger partial charge in [-0.25, -0.2) is 0 Å². The standard InChI is InChI=1S/C14H19NO/c1-10(2)8-9-13(16)15-14-11(3)6-5-7-12(14)4/h5-8H,9H2,1-4H3,(H,15,16). The van der Waals surface area contributed by atoms with Crippen LogP contribution < -0.4 is 5.32 Å². The van der Waals surface area contributed by atoms with E-state index in [4.69, 9.17) is 0 Å². The van der Waals surface area contributed by atoms with E-state index in [1.807, 2.05) is 52.0 Å². The molecule has 0 aliphatic heterocycles. The van der Waals surface area contributed by atoms with Crippen molar-refractivity contribution >= 4 is 11.6 Å². The van der Waals surface area contributed by atoms with Gasteiger partial charge in [-0.3, -0.25) is 4.79 Å². The number of allylic oxidation sites excluding steroid dienone is 1. The summed E-state index contributed by atoms with van der Waals surface area (Å²) in [6.07, 6.45) is 2.37. The van der Waals surface area contributed by atoms with Crippen LogP contribution in [0.1, 0.15) is 31.4 Å². The average molecular weight is 217 g/mol. The van der Waals surface area contributed by atoms with Gasteiger partial charge in [-0.1, -0.05) is 29.8 Å². The van der Waals surface area contributed by atoms with Crippen LogP contribution >= 0.6 is 0 Å². The van der Waals surface area contributed by atoms with Crippen molar-refractivity contribution in [3.63, 3.8) is 0 Å². The fourth-order valence-electron chi connectivity index (χ4n) is 1.50. The number of rotatable bonds is 3. The molecule has 0 saturated heterocycles. The van der Waals surface area contributed by atoms with Crippen LogP contribution in [0.5, 0.6) is 0 Å². The summed E-state index contributed by atoms with van der Waals surface area (Å²) >= 11 is 0. The van der Waals surface area contributed by atoms with Crippen LogP contribution in [-0.2, 0) is 4.79 Å². The third-order valence-corrected chi connectivity index (χ3v) is 2.44. The molecule has 0 fully saturated rings. The minimum absolute atomic E-state index is 0.0404. The summed E-state index contributed by atoms with van der Waals surface area (Å²) in [6, 6.07) is 6.00. The molecule has 0 bridgehead atoms. The summed E-state index contributed by atoms with van der Waals surface area (Å²) in [4.78, 5) is 11.7. The van der Waals surface area contributed by atoms with E-state index in [0.29, 0.717) is 6.42 Å². The fourth-order valence-corrected chi connectivity index (χ4v) is 1.50. The van der Waals surface area contributed by atoms with Crippen LogP contribution in [0.15, 0.2) is 29.8 Å². The molecule has 86 valence electrons. The number of anilines is 1. The Morgan fingerprint density at radius 2 is 1.81 bits per heavy atom. The number of benzene rings is 1. The van der Waals surface area contributed by atoms with Crippen molar-refractivity contribution in [1.29, 1.82) is 0 Å². The normalized spacial score (nSPS) is 9.75. The van der Waals surface area contributed by atoms with Gasteiger partial charge in [0.2, 0.25) is 5.91 Å². The van der Waals surface area contributed by atoms with E-state index in [-0.39, 0.29) is 5.91 Å². The summed E-state index contributed by atoms with van der Waals surface area (Å²) in [5.74, 6) is 0.0404. The van der Waals surface area contributed by atoms with Crippen LogP contribution in [0.4, 0.5) is 5.69 Å². The molecule has 1 rings (SSSR count). The number of carbonyl (C=O) groups is 1. The lowest BCUT2D eigenvalue weighted by Gasteiger charge is -2.10. The van der Waals surface area contributed by atoms with Crippen molar-refractivity contribution in [2.45, 2.75) is 34.1 Å². The minimum atomic E-state index is 0.0404. The lowest BCUT2D eigenvalue weighted by Crippen LogP contribution is -2.12. The van der Waals surface area contributed by atoms with Crippen molar-refractivity contribution in [1.82, 2.24) is 0 Å². The molecule has 0 heterocycles. The van der Waals surface area contributed by atoms with E-state index in [1.54, 1.807) is 0 Å². The molecular weight excluding hydrogens is 198 g/mol. The maximum Gasteiger partial charge on any atom is 0.228 e. The fraction of sp³-hybridized carbons (Fsp3) is 0.357. The Balaban J connectivity index is 2.74. The first-order chi connectivity index (χ1) is 7.50. The van der Waals surface area contributed by atoms with Gasteiger partial charge in [0.25, 0.3) is 0 Å². The van der Waals surface area contributed by atoms with E-state index < -0.39 is 0 Å². The largest absolute Gasteiger partial charge is 0.325 e. The Kier molecular flexibility index (Phi) is 4.29. The smallest absolute Gasteiger partial charge is 0.228 e. The highest BCUT2D eigenvalue weighted by atomic mass is 16.1. The Morgan fingerprint density at radius 1 is 1.25 bits per heavy atom. The number of amides is 1. The number of hydrogen-bond donors (Lipinski definition) is 1. The topological polar surface area (TPSA) is 29.1 Å². The van der Waals surface area contributed by atoms with Gasteiger partial charge >= 0.3 is 0 Å². The lowest BCUT2D eigenvalue weighted by molar-refractivity contribution is -0.115. The zero-order valence-corrected chi connectivity index (χ0v) is 10.4. The molecule has 2 heteroatoms.